The lowest BCUT2D eigenvalue weighted by molar-refractivity contribution is 0.145. The summed E-state index contributed by atoms with van der Waals surface area (Å²) in [6, 6.07) is 3.98. The third-order valence-corrected chi connectivity index (χ3v) is 3.79. The van der Waals surface area contributed by atoms with Gasteiger partial charge in [-0.05, 0) is 25.0 Å². The van der Waals surface area contributed by atoms with Crippen LogP contribution in [-0.4, -0.2) is 39.1 Å². The van der Waals surface area contributed by atoms with Gasteiger partial charge in [-0.2, -0.15) is 5.10 Å². The quantitative estimate of drug-likeness (QED) is 0.889. The van der Waals surface area contributed by atoms with E-state index in [0.29, 0.717) is 0 Å². The molecule has 2 aromatic rings. The van der Waals surface area contributed by atoms with E-state index >= 15 is 0 Å². The molecular weight excluding hydrogens is 266 g/mol. The largest absolute Gasteiger partial charge is 0.393 e. The maximum Gasteiger partial charge on any atom is 0.151 e. The number of aliphatic hydroxyl groups excluding tert-OH is 1. The van der Waals surface area contributed by atoms with Crippen LogP contribution in [0.15, 0.2) is 30.7 Å². The van der Waals surface area contributed by atoms with E-state index in [1.165, 1.54) is 0 Å². The van der Waals surface area contributed by atoms with Gasteiger partial charge in [0.2, 0.25) is 0 Å². The van der Waals surface area contributed by atoms with Crippen molar-refractivity contribution in [3.8, 4) is 0 Å². The number of hydrogen-bond acceptors (Lipinski definition) is 5. The average Bonchev–Trinajstić information content (AvgIpc) is 2.92. The zero-order valence-corrected chi connectivity index (χ0v) is 12.2. The third-order valence-electron chi connectivity index (χ3n) is 3.79. The van der Waals surface area contributed by atoms with E-state index in [1.807, 2.05) is 37.8 Å². The van der Waals surface area contributed by atoms with Crippen molar-refractivity contribution in [2.45, 2.75) is 25.5 Å². The topological polar surface area (TPSA) is 66.2 Å². The maximum atomic E-state index is 9.63. The molecule has 0 amide bonds. The molecule has 0 unspecified atom stereocenters. The van der Waals surface area contributed by atoms with Crippen molar-refractivity contribution in [2.24, 2.45) is 7.05 Å². The summed E-state index contributed by atoms with van der Waals surface area (Å²) in [5.74, 6) is 0.966. The van der Waals surface area contributed by atoms with Crippen LogP contribution >= 0.6 is 0 Å². The first-order valence-corrected chi connectivity index (χ1v) is 7.32. The minimum atomic E-state index is -0.170. The molecule has 0 saturated carbocycles. The standard InChI is InChI=1S/C15H21N5O/c1-19-11-12(10-18-19)9-17-14-3-2-6-16-15(14)20-7-4-13(21)5-8-20/h2-3,6,10-11,13,17,21H,4-5,7-9H2,1H3. The van der Waals surface area contributed by atoms with Crippen LogP contribution in [0, 0.1) is 0 Å². The summed E-state index contributed by atoms with van der Waals surface area (Å²) >= 11 is 0. The monoisotopic (exact) mass is 287 g/mol. The molecule has 1 aliphatic heterocycles. The number of aromatic nitrogens is 3. The van der Waals surface area contributed by atoms with Crippen molar-refractivity contribution < 1.29 is 5.11 Å². The summed E-state index contributed by atoms with van der Waals surface area (Å²) in [5, 5.41) is 17.2. The number of aliphatic hydroxyl groups is 1. The number of nitrogens with zero attached hydrogens (tertiary/aromatic N) is 4. The number of hydrogen-bond donors (Lipinski definition) is 2. The summed E-state index contributed by atoms with van der Waals surface area (Å²) in [6.45, 7) is 2.42. The first-order valence-electron chi connectivity index (χ1n) is 7.32. The van der Waals surface area contributed by atoms with Gasteiger partial charge in [-0.15, -0.1) is 0 Å². The number of rotatable bonds is 4. The van der Waals surface area contributed by atoms with Gasteiger partial charge < -0.3 is 15.3 Å². The Morgan fingerprint density at radius 1 is 1.38 bits per heavy atom. The smallest absolute Gasteiger partial charge is 0.151 e. The molecule has 112 valence electrons. The van der Waals surface area contributed by atoms with Gasteiger partial charge in [0.1, 0.15) is 0 Å². The lowest BCUT2D eigenvalue weighted by atomic mass is 10.1. The number of pyridine rings is 1. The zero-order valence-electron chi connectivity index (χ0n) is 12.2. The molecule has 2 aromatic heterocycles. The van der Waals surface area contributed by atoms with E-state index in [0.717, 1.165) is 49.5 Å². The molecule has 3 rings (SSSR count). The van der Waals surface area contributed by atoms with Gasteiger partial charge in [0.25, 0.3) is 0 Å². The van der Waals surface area contributed by atoms with Crippen LogP contribution < -0.4 is 10.2 Å². The number of nitrogens with one attached hydrogen (secondary N) is 1. The maximum absolute atomic E-state index is 9.63. The molecular formula is C15H21N5O. The third kappa shape index (κ3) is 3.33. The van der Waals surface area contributed by atoms with Gasteiger partial charge in [0.05, 0.1) is 18.0 Å². The summed E-state index contributed by atoms with van der Waals surface area (Å²) < 4.78 is 1.80. The predicted molar refractivity (Wildman–Crippen MR) is 82.2 cm³/mol. The summed E-state index contributed by atoms with van der Waals surface area (Å²) in [6.07, 6.45) is 7.12. The van der Waals surface area contributed by atoms with E-state index in [2.05, 4.69) is 20.3 Å². The highest BCUT2D eigenvalue weighted by Gasteiger charge is 2.20. The fraction of sp³-hybridized carbons (Fsp3) is 0.467. The number of piperidine rings is 1. The van der Waals surface area contributed by atoms with Crippen LogP contribution in [0.25, 0.3) is 0 Å². The van der Waals surface area contributed by atoms with Gasteiger partial charge in [-0.25, -0.2) is 4.98 Å². The molecule has 2 N–H and O–H groups in total. The highest BCUT2D eigenvalue weighted by Crippen LogP contribution is 2.26. The second-order valence-corrected chi connectivity index (χ2v) is 5.47. The Morgan fingerprint density at radius 2 is 2.19 bits per heavy atom. The number of aryl methyl sites for hydroxylation is 1. The molecule has 6 heteroatoms. The molecule has 3 heterocycles. The van der Waals surface area contributed by atoms with E-state index in [-0.39, 0.29) is 6.10 Å². The molecule has 0 spiro atoms. The Balaban J connectivity index is 1.70. The fourth-order valence-electron chi connectivity index (χ4n) is 2.63. The van der Waals surface area contributed by atoms with Crippen molar-refractivity contribution in [1.82, 2.24) is 14.8 Å². The SMILES string of the molecule is Cn1cc(CNc2cccnc2N2CCC(O)CC2)cn1. The molecule has 0 aliphatic carbocycles. The van der Waals surface area contributed by atoms with Crippen LogP contribution in [0.5, 0.6) is 0 Å². The Kier molecular flexibility index (Phi) is 4.06. The number of anilines is 2. The fourth-order valence-corrected chi connectivity index (χ4v) is 2.63. The molecule has 1 saturated heterocycles. The predicted octanol–water partition coefficient (Wildman–Crippen LogP) is 1.39. The highest BCUT2D eigenvalue weighted by atomic mass is 16.3. The average molecular weight is 287 g/mol. The molecule has 6 nitrogen and oxygen atoms in total. The van der Waals surface area contributed by atoms with E-state index in [4.69, 9.17) is 0 Å². The molecule has 0 aromatic carbocycles. The highest BCUT2D eigenvalue weighted by molar-refractivity contribution is 5.65. The van der Waals surface area contributed by atoms with Crippen molar-refractivity contribution in [3.05, 3.63) is 36.3 Å². The molecule has 1 fully saturated rings. The van der Waals surface area contributed by atoms with Crippen LogP contribution in [0.1, 0.15) is 18.4 Å². The van der Waals surface area contributed by atoms with E-state index in [1.54, 1.807) is 4.68 Å². The van der Waals surface area contributed by atoms with Crippen LogP contribution in [0.2, 0.25) is 0 Å². The lowest BCUT2D eigenvalue weighted by Crippen LogP contribution is -2.36. The molecule has 21 heavy (non-hydrogen) atoms. The van der Waals surface area contributed by atoms with Gasteiger partial charge in [-0.3, -0.25) is 4.68 Å². The van der Waals surface area contributed by atoms with E-state index in [9.17, 15) is 5.11 Å². The summed E-state index contributed by atoms with van der Waals surface area (Å²) in [5.41, 5.74) is 2.17. The Labute approximate surface area is 124 Å². The van der Waals surface area contributed by atoms with Gasteiger partial charge in [-0.1, -0.05) is 0 Å². The Morgan fingerprint density at radius 3 is 2.90 bits per heavy atom. The van der Waals surface area contributed by atoms with Crippen molar-refractivity contribution in [3.63, 3.8) is 0 Å². The van der Waals surface area contributed by atoms with Crippen LogP contribution in [-0.2, 0) is 13.6 Å². The van der Waals surface area contributed by atoms with Gasteiger partial charge in [0.15, 0.2) is 5.82 Å². The van der Waals surface area contributed by atoms with Crippen molar-refractivity contribution >= 4 is 11.5 Å². The van der Waals surface area contributed by atoms with Crippen LogP contribution in [0.3, 0.4) is 0 Å². The molecule has 1 aliphatic rings. The first kappa shape index (κ1) is 13.9. The minimum absolute atomic E-state index is 0.170. The molecule has 0 radical (unpaired) electrons. The normalized spacial score (nSPS) is 16.2. The van der Waals surface area contributed by atoms with Gasteiger partial charge in [0, 0.05) is 44.6 Å². The Hall–Kier alpha value is -2.08. The zero-order chi connectivity index (χ0) is 14.7. The lowest BCUT2D eigenvalue weighted by Gasteiger charge is -2.31. The molecule has 0 atom stereocenters. The second kappa shape index (κ2) is 6.13. The van der Waals surface area contributed by atoms with Gasteiger partial charge >= 0.3 is 0 Å². The van der Waals surface area contributed by atoms with E-state index < -0.39 is 0 Å². The summed E-state index contributed by atoms with van der Waals surface area (Å²) in [7, 11) is 1.91. The minimum Gasteiger partial charge on any atom is -0.393 e. The Bertz CT molecular complexity index is 589. The van der Waals surface area contributed by atoms with Crippen LogP contribution in [0.4, 0.5) is 11.5 Å². The molecule has 0 bridgehead atoms. The second-order valence-electron chi connectivity index (χ2n) is 5.47. The first-order chi connectivity index (χ1) is 10.2. The summed E-state index contributed by atoms with van der Waals surface area (Å²) in [4.78, 5) is 6.74. The van der Waals surface area contributed by atoms with Crippen molar-refractivity contribution in [2.75, 3.05) is 23.3 Å². The van der Waals surface area contributed by atoms with Crippen molar-refractivity contribution in [1.29, 1.82) is 0 Å².